The van der Waals surface area contributed by atoms with E-state index in [-0.39, 0.29) is 6.04 Å². The molecular weight excluding hydrogens is 250 g/mol. The molecule has 0 spiro atoms. The molecule has 0 aromatic heterocycles. The van der Waals surface area contributed by atoms with Crippen LogP contribution in [0.3, 0.4) is 0 Å². The van der Waals surface area contributed by atoms with E-state index in [0.29, 0.717) is 0 Å². The fourth-order valence-electron chi connectivity index (χ4n) is 2.65. The second-order valence-corrected chi connectivity index (χ2v) is 5.60. The first kappa shape index (κ1) is 13.3. The summed E-state index contributed by atoms with van der Waals surface area (Å²) in [4.78, 5) is 4.33. The number of nitrogens with one attached hydrogen (secondary N) is 2. The summed E-state index contributed by atoms with van der Waals surface area (Å²) in [6.45, 7) is 1.77. The normalized spacial score (nSPS) is 21.9. The number of rotatable bonds is 4. The fourth-order valence-corrected chi connectivity index (χ4v) is 2.65. The molecule has 1 atom stereocenters. The van der Waals surface area contributed by atoms with Crippen LogP contribution in [0.25, 0.3) is 0 Å². The minimum atomic E-state index is 0.284. The van der Waals surface area contributed by atoms with Crippen LogP contribution >= 0.6 is 0 Å². The van der Waals surface area contributed by atoms with Crippen molar-refractivity contribution in [3.05, 3.63) is 29.8 Å². The minimum Gasteiger partial charge on any atom is -0.493 e. The molecule has 2 aliphatic rings. The number of guanidine groups is 1. The van der Waals surface area contributed by atoms with Gasteiger partial charge in [-0.05, 0) is 18.4 Å². The predicted molar refractivity (Wildman–Crippen MR) is 81.1 cm³/mol. The van der Waals surface area contributed by atoms with Gasteiger partial charge in [-0.3, -0.25) is 4.99 Å². The quantitative estimate of drug-likeness (QED) is 0.654. The monoisotopic (exact) mass is 273 g/mol. The van der Waals surface area contributed by atoms with E-state index in [2.05, 4.69) is 27.8 Å². The lowest BCUT2D eigenvalue weighted by Crippen LogP contribution is -2.41. The van der Waals surface area contributed by atoms with Gasteiger partial charge in [-0.2, -0.15) is 0 Å². The van der Waals surface area contributed by atoms with Crippen molar-refractivity contribution >= 4 is 5.96 Å². The van der Waals surface area contributed by atoms with E-state index in [0.717, 1.165) is 37.2 Å². The van der Waals surface area contributed by atoms with Gasteiger partial charge in [-0.25, -0.2) is 0 Å². The van der Waals surface area contributed by atoms with E-state index in [1.165, 1.54) is 24.8 Å². The first-order chi connectivity index (χ1) is 9.86. The smallest absolute Gasteiger partial charge is 0.191 e. The van der Waals surface area contributed by atoms with Crippen molar-refractivity contribution in [2.24, 2.45) is 10.9 Å². The van der Waals surface area contributed by atoms with Crippen LogP contribution in [-0.4, -0.2) is 26.2 Å². The Morgan fingerprint density at radius 1 is 1.30 bits per heavy atom. The van der Waals surface area contributed by atoms with Crippen LogP contribution in [0.15, 0.2) is 29.3 Å². The lowest BCUT2D eigenvalue weighted by Gasteiger charge is -2.28. The minimum absolute atomic E-state index is 0.284. The highest BCUT2D eigenvalue weighted by atomic mass is 16.5. The third-order valence-corrected chi connectivity index (χ3v) is 4.04. The van der Waals surface area contributed by atoms with Crippen molar-refractivity contribution < 1.29 is 4.74 Å². The third-order valence-electron chi connectivity index (χ3n) is 4.04. The molecule has 1 aromatic carbocycles. The molecule has 1 fully saturated rings. The van der Waals surface area contributed by atoms with Crippen molar-refractivity contribution in [3.8, 4) is 5.75 Å². The van der Waals surface area contributed by atoms with E-state index in [4.69, 9.17) is 4.74 Å². The number of hydrogen-bond donors (Lipinski definition) is 2. The van der Waals surface area contributed by atoms with Crippen molar-refractivity contribution in [2.45, 2.75) is 31.7 Å². The number of nitrogens with zero attached hydrogens (tertiary/aromatic N) is 1. The summed E-state index contributed by atoms with van der Waals surface area (Å²) in [7, 11) is 1.83. The van der Waals surface area contributed by atoms with Crippen LogP contribution in [0.2, 0.25) is 0 Å². The van der Waals surface area contributed by atoms with Gasteiger partial charge in [0.05, 0.1) is 12.6 Å². The zero-order valence-electron chi connectivity index (χ0n) is 12.1. The number of fused-ring (bicyclic) bond motifs is 1. The predicted octanol–water partition coefficient (Wildman–Crippen LogP) is 2.48. The first-order valence-electron chi connectivity index (χ1n) is 7.55. The molecule has 0 amide bonds. The molecule has 4 heteroatoms. The summed E-state index contributed by atoms with van der Waals surface area (Å²) < 4.78 is 5.69. The van der Waals surface area contributed by atoms with Gasteiger partial charge in [0.15, 0.2) is 5.96 Å². The average molecular weight is 273 g/mol. The Hall–Kier alpha value is -1.71. The van der Waals surface area contributed by atoms with Gasteiger partial charge in [0.25, 0.3) is 0 Å². The van der Waals surface area contributed by atoms with Crippen LogP contribution in [0, 0.1) is 5.92 Å². The molecule has 4 nitrogen and oxygen atoms in total. The van der Waals surface area contributed by atoms with Crippen molar-refractivity contribution in [1.29, 1.82) is 0 Å². The van der Waals surface area contributed by atoms with Crippen LogP contribution in [-0.2, 0) is 0 Å². The zero-order valence-corrected chi connectivity index (χ0v) is 12.1. The first-order valence-corrected chi connectivity index (χ1v) is 7.55. The molecule has 0 bridgehead atoms. The highest BCUT2D eigenvalue weighted by Gasteiger charge is 2.23. The van der Waals surface area contributed by atoms with E-state index in [9.17, 15) is 0 Å². The topological polar surface area (TPSA) is 45.7 Å². The third kappa shape index (κ3) is 3.24. The zero-order chi connectivity index (χ0) is 13.8. The highest BCUT2D eigenvalue weighted by Crippen LogP contribution is 2.32. The Bertz CT molecular complexity index is 482. The van der Waals surface area contributed by atoms with E-state index in [1.807, 2.05) is 19.2 Å². The standard InChI is InChI=1S/C16H23N3O/c1-17-16(18-10-8-12-6-7-12)19-14-9-11-20-15-5-3-2-4-13(14)15/h2-5,12,14H,6-11H2,1H3,(H2,17,18,19). The highest BCUT2D eigenvalue weighted by molar-refractivity contribution is 5.80. The molecule has 108 valence electrons. The van der Waals surface area contributed by atoms with Crippen molar-refractivity contribution in [1.82, 2.24) is 10.6 Å². The summed E-state index contributed by atoms with van der Waals surface area (Å²) in [5.41, 5.74) is 1.23. The Morgan fingerprint density at radius 2 is 2.15 bits per heavy atom. The molecule has 1 saturated carbocycles. The van der Waals surface area contributed by atoms with Gasteiger partial charge >= 0.3 is 0 Å². The van der Waals surface area contributed by atoms with Crippen LogP contribution in [0.4, 0.5) is 0 Å². The maximum atomic E-state index is 5.69. The van der Waals surface area contributed by atoms with Gasteiger partial charge in [0.1, 0.15) is 5.75 Å². The lowest BCUT2D eigenvalue weighted by atomic mass is 10.0. The molecule has 2 N–H and O–H groups in total. The Balaban J connectivity index is 1.58. The van der Waals surface area contributed by atoms with Crippen LogP contribution in [0.1, 0.15) is 37.3 Å². The lowest BCUT2D eigenvalue weighted by molar-refractivity contribution is 0.261. The van der Waals surface area contributed by atoms with Gasteiger partial charge in [0, 0.05) is 25.6 Å². The van der Waals surface area contributed by atoms with Crippen molar-refractivity contribution in [2.75, 3.05) is 20.2 Å². The Morgan fingerprint density at radius 3 is 2.95 bits per heavy atom. The Kier molecular flexibility index (Phi) is 4.09. The van der Waals surface area contributed by atoms with Gasteiger partial charge in [-0.15, -0.1) is 0 Å². The molecule has 0 saturated heterocycles. The molecule has 1 aliphatic heterocycles. The summed E-state index contributed by atoms with van der Waals surface area (Å²) in [6.07, 6.45) is 5.04. The Labute approximate surface area is 120 Å². The average Bonchev–Trinajstić information content (AvgIpc) is 3.30. The number of hydrogen-bond acceptors (Lipinski definition) is 2. The van der Waals surface area contributed by atoms with Crippen molar-refractivity contribution in [3.63, 3.8) is 0 Å². The fraction of sp³-hybridized carbons (Fsp3) is 0.562. The molecule has 3 rings (SSSR count). The van der Waals surface area contributed by atoms with E-state index >= 15 is 0 Å². The summed E-state index contributed by atoms with van der Waals surface area (Å²) in [5.74, 6) is 2.83. The number of benzene rings is 1. The van der Waals surface area contributed by atoms with Gasteiger partial charge in [-0.1, -0.05) is 31.0 Å². The number of ether oxygens (including phenoxy) is 1. The summed E-state index contributed by atoms with van der Waals surface area (Å²) in [6, 6.07) is 8.53. The molecule has 0 radical (unpaired) electrons. The van der Waals surface area contributed by atoms with Gasteiger partial charge in [0.2, 0.25) is 0 Å². The number of aliphatic imine (C=N–C) groups is 1. The molecule has 1 unspecified atom stereocenters. The molecule has 20 heavy (non-hydrogen) atoms. The molecule has 1 aliphatic carbocycles. The summed E-state index contributed by atoms with van der Waals surface area (Å²) in [5, 5.41) is 6.93. The SMILES string of the molecule is CN=C(NCCC1CC1)NC1CCOc2ccccc21. The van der Waals surface area contributed by atoms with Crippen LogP contribution < -0.4 is 15.4 Å². The van der Waals surface area contributed by atoms with Gasteiger partial charge < -0.3 is 15.4 Å². The maximum Gasteiger partial charge on any atom is 0.191 e. The second kappa shape index (κ2) is 6.16. The van der Waals surface area contributed by atoms with E-state index in [1.54, 1.807) is 0 Å². The molecule has 1 heterocycles. The largest absolute Gasteiger partial charge is 0.493 e. The van der Waals surface area contributed by atoms with E-state index < -0.39 is 0 Å². The van der Waals surface area contributed by atoms with Crippen LogP contribution in [0.5, 0.6) is 5.75 Å². The second-order valence-electron chi connectivity index (χ2n) is 5.60. The number of para-hydroxylation sites is 1. The maximum absolute atomic E-state index is 5.69. The molecule has 1 aromatic rings. The molecular formula is C16H23N3O. The summed E-state index contributed by atoms with van der Waals surface area (Å²) >= 11 is 0.